The number of anilines is 1. The van der Waals surface area contributed by atoms with Crippen molar-refractivity contribution in [2.75, 3.05) is 19.1 Å². The van der Waals surface area contributed by atoms with E-state index >= 15 is 0 Å². The van der Waals surface area contributed by atoms with Gasteiger partial charge >= 0.3 is 5.69 Å². The lowest BCUT2D eigenvalue weighted by Crippen LogP contribution is -2.18. The van der Waals surface area contributed by atoms with Gasteiger partial charge in [0, 0.05) is 36.2 Å². The molecule has 0 saturated heterocycles. The van der Waals surface area contributed by atoms with Crippen molar-refractivity contribution < 1.29 is 9.66 Å². The van der Waals surface area contributed by atoms with Gasteiger partial charge in [-0.05, 0) is 0 Å². The van der Waals surface area contributed by atoms with Crippen LogP contribution >= 0.6 is 11.3 Å². The maximum absolute atomic E-state index is 11.2. The third-order valence-corrected chi connectivity index (χ3v) is 4.34. The Balaban J connectivity index is 2.27. The Morgan fingerprint density at radius 3 is 2.73 bits per heavy atom. The topological polar surface area (TPSA) is 81.4 Å². The molecule has 2 aromatic heterocycles. The summed E-state index contributed by atoms with van der Waals surface area (Å²) in [5.41, 5.74) is -0.0445. The van der Waals surface area contributed by atoms with E-state index in [1.807, 2.05) is 6.20 Å². The summed E-state index contributed by atoms with van der Waals surface area (Å²) < 4.78 is 5.06. The van der Waals surface area contributed by atoms with Crippen LogP contribution in [0, 0.1) is 10.1 Å². The number of rotatable bonds is 6. The predicted molar refractivity (Wildman–Crippen MR) is 85.8 cm³/mol. The minimum Gasteiger partial charge on any atom is -0.481 e. The fourth-order valence-electron chi connectivity index (χ4n) is 1.93. The Morgan fingerprint density at radius 1 is 1.45 bits per heavy atom. The highest BCUT2D eigenvalue weighted by atomic mass is 32.1. The second kappa shape index (κ2) is 6.69. The maximum Gasteiger partial charge on any atom is 0.311 e. The van der Waals surface area contributed by atoms with Gasteiger partial charge in [0.05, 0.1) is 23.6 Å². The van der Waals surface area contributed by atoms with Gasteiger partial charge in [-0.3, -0.25) is 10.1 Å². The molecule has 0 bridgehead atoms. The van der Waals surface area contributed by atoms with Crippen molar-refractivity contribution in [1.29, 1.82) is 0 Å². The number of methoxy groups -OCH3 is 1. The van der Waals surface area contributed by atoms with Crippen molar-refractivity contribution in [3.8, 4) is 5.88 Å². The zero-order valence-electron chi connectivity index (χ0n) is 12.9. The first kappa shape index (κ1) is 16.2. The molecule has 0 radical (unpaired) electrons. The van der Waals surface area contributed by atoms with Gasteiger partial charge in [0.25, 0.3) is 0 Å². The molecule has 0 N–H and O–H groups in total. The van der Waals surface area contributed by atoms with E-state index in [1.165, 1.54) is 19.2 Å². The van der Waals surface area contributed by atoms with Crippen LogP contribution in [0.25, 0.3) is 0 Å². The van der Waals surface area contributed by atoms with Crippen LogP contribution in [0.4, 0.5) is 11.5 Å². The summed E-state index contributed by atoms with van der Waals surface area (Å²) in [5.74, 6) is 0.997. The van der Waals surface area contributed by atoms with Crippen LogP contribution in [0.3, 0.4) is 0 Å². The molecule has 2 heterocycles. The normalized spacial score (nSPS) is 10.8. The van der Waals surface area contributed by atoms with E-state index in [4.69, 9.17) is 4.74 Å². The van der Waals surface area contributed by atoms with Gasteiger partial charge < -0.3 is 9.64 Å². The molecule has 0 saturated carbocycles. The molecule has 0 unspecified atom stereocenters. The SMILES string of the molecule is COc1ccc([N+](=O)[O-])c(N(C)Cc2cnc(C(C)C)s2)n1. The standard InChI is InChI=1S/C14H18N4O3S/c1-9(2)14-15-7-10(22-14)8-17(3)13-11(18(19)20)5-6-12(16-13)21-4/h5-7,9H,8H2,1-4H3. The molecular weight excluding hydrogens is 304 g/mol. The van der Waals surface area contributed by atoms with E-state index in [9.17, 15) is 10.1 Å². The number of ether oxygens (including phenoxy) is 1. The molecule has 118 valence electrons. The lowest BCUT2D eigenvalue weighted by molar-refractivity contribution is -0.384. The average Bonchev–Trinajstić information content (AvgIpc) is 2.95. The van der Waals surface area contributed by atoms with Gasteiger partial charge in [-0.1, -0.05) is 13.8 Å². The molecule has 0 amide bonds. The zero-order chi connectivity index (χ0) is 16.3. The Morgan fingerprint density at radius 2 is 2.18 bits per heavy atom. The highest BCUT2D eigenvalue weighted by molar-refractivity contribution is 7.11. The first-order valence-electron chi connectivity index (χ1n) is 6.77. The molecule has 2 rings (SSSR count). The molecular formula is C14H18N4O3S. The van der Waals surface area contributed by atoms with Crippen LogP contribution in [-0.2, 0) is 6.54 Å². The second-order valence-corrected chi connectivity index (χ2v) is 6.28. The largest absolute Gasteiger partial charge is 0.481 e. The molecule has 0 aliphatic carbocycles. The summed E-state index contributed by atoms with van der Waals surface area (Å²) in [6.07, 6.45) is 1.81. The van der Waals surface area contributed by atoms with Crippen molar-refractivity contribution in [2.24, 2.45) is 0 Å². The fraction of sp³-hybridized carbons (Fsp3) is 0.429. The molecule has 0 spiro atoms. The first-order chi connectivity index (χ1) is 10.4. The monoisotopic (exact) mass is 322 g/mol. The van der Waals surface area contributed by atoms with E-state index < -0.39 is 4.92 Å². The molecule has 0 aromatic carbocycles. The van der Waals surface area contributed by atoms with E-state index in [0.717, 1.165) is 9.88 Å². The number of pyridine rings is 1. The van der Waals surface area contributed by atoms with Crippen LogP contribution < -0.4 is 9.64 Å². The molecule has 0 aliphatic heterocycles. The van der Waals surface area contributed by atoms with Crippen molar-refractivity contribution in [2.45, 2.75) is 26.3 Å². The molecule has 7 nitrogen and oxygen atoms in total. The van der Waals surface area contributed by atoms with E-state index in [1.54, 1.807) is 23.3 Å². The summed E-state index contributed by atoms with van der Waals surface area (Å²) in [4.78, 5) is 22.1. The van der Waals surface area contributed by atoms with E-state index in [-0.39, 0.29) is 11.5 Å². The number of hydrogen-bond acceptors (Lipinski definition) is 7. The van der Waals surface area contributed by atoms with E-state index in [0.29, 0.717) is 18.3 Å². The third kappa shape index (κ3) is 3.51. The summed E-state index contributed by atoms with van der Waals surface area (Å²) in [6.45, 7) is 4.67. The van der Waals surface area contributed by atoms with Crippen molar-refractivity contribution in [3.05, 3.63) is 38.3 Å². The summed E-state index contributed by atoms with van der Waals surface area (Å²) in [7, 11) is 3.25. The molecule has 0 fully saturated rings. The van der Waals surface area contributed by atoms with Gasteiger partial charge in [-0.15, -0.1) is 11.3 Å². The van der Waals surface area contributed by atoms with Crippen molar-refractivity contribution in [1.82, 2.24) is 9.97 Å². The second-order valence-electron chi connectivity index (χ2n) is 5.13. The zero-order valence-corrected chi connectivity index (χ0v) is 13.8. The minimum atomic E-state index is -0.440. The number of nitro groups is 1. The molecule has 8 heteroatoms. The van der Waals surface area contributed by atoms with Crippen LogP contribution in [0.2, 0.25) is 0 Å². The lowest BCUT2D eigenvalue weighted by Gasteiger charge is -2.17. The molecule has 0 atom stereocenters. The summed E-state index contributed by atoms with van der Waals surface area (Å²) in [6, 6.07) is 2.89. The smallest absolute Gasteiger partial charge is 0.311 e. The van der Waals surface area contributed by atoms with Gasteiger partial charge in [0.1, 0.15) is 0 Å². The highest BCUT2D eigenvalue weighted by Crippen LogP contribution is 2.30. The van der Waals surface area contributed by atoms with Gasteiger partial charge in [-0.2, -0.15) is 4.98 Å². The third-order valence-electron chi connectivity index (χ3n) is 3.05. The Bertz CT molecular complexity index is 672. The fourth-order valence-corrected chi connectivity index (χ4v) is 2.91. The summed E-state index contributed by atoms with van der Waals surface area (Å²) >= 11 is 1.61. The average molecular weight is 322 g/mol. The Labute approximate surface area is 132 Å². The molecule has 22 heavy (non-hydrogen) atoms. The van der Waals surface area contributed by atoms with Crippen LogP contribution in [0.5, 0.6) is 5.88 Å². The number of nitrogens with zero attached hydrogens (tertiary/aromatic N) is 4. The Kier molecular flexibility index (Phi) is 4.92. The van der Waals surface area contributed by atoms with Crippen molar-refractivity contribution in [3.63, 3.8) is 0 Å². The predicted octanol–water partition coefficient (Wildman–Crippen LogP) is 3.21. The number of aromatic nitrogens is 2. The lowest BCUT2D eigenvalue weighted by atomic mass is 10.2. The van der Waals surface area contributed by atoms with Gasteiger partial charge in [0.2, 0.25) is 11.7 Å². The first-order valence-corrected chi connectivity index (χ1v) is 7.59. The Hall–Kier alpha value is -2.22. The summed E-state index contributed by atoms with van der Waals surface area (Å²) in [5, 5.41) is 12.2. The van der Waals surface area contributed by atoms with Crippen LogP contribution in [-0.4, -0.2) is 29.0 Å². The maximum atomic E-state index is 11.2. The molecule has 2 aromatic rings. The number of hydrogen-bond donors (Lipinski definition) is 0. The van der Waals surface area contributed by atoms with Crippen LogP contribution in [0.15, 0.2) is 18.3 Å². The van der Waals surface area contributed by atoms with E-state index in [2.05, 4.69) is 23.8 Å². The number of thiazole rings is 1. The van der Waals surface area contributed by atoms with Crippen molar-refractivity contribution >= 4 is 22.8 Å². The van der Waals surface area contributed by atoms with Gasteiger partial charge in [-0.25, -0.2) is 4.98 Å². The molecule has 0 aliphatic rings. The van der Waals surface area contributed by atoms with Gasteiger partial charge in [0.15, 0.2) is 0 Å². The minimum absolute atomic E-state index is 0.0445. The quantitative estimate of drug-likeness (QED) is 0.600. The highest BCUT2D eigenvalue weighted by Gasteiger charge is 2.21. The van der Waals surface area contributed by atoms with Crippen LogP contribution in [0.1, 0.15) is 29.7 Å².